The van der Waals surface area contributed by atoms with Crippen molar-refractivity contribution in [2.45, 2.75) is 19.3 Å². The van der Waals surface area contributed by atoms with Gasteiger partial charge in [-0.1, -0.05) is 0 Å². The first-order valence-corrected chi connectivity index (χ1v) is 6.69. The minimum Gasteiger partial charge on any atom is -0.362 e. The first-order chi connectivity index (χ1) is 11.3. The quantitative estimate of drug-likeness (QED) is 0.663. The molecule has 1 unspecified atom stereocenters. The Balaban J connectivity index is 2.88. The molecule has 9 nitrogen and oxygen atoms in total. The van der Waals surface area contributed by atoms with Crippen LogP contribution in [0.3, 0.4) is 0 Å². The number of nitrogens with zero attached hydrogens (tertiary/aromatic N) is 4. The summed E-state index contributed by atoms with van der Waals surface area (Å²) in [5, 5.41) is 44.4. The van der Waals surface area contributed by atoms with Gasteiger partial charge in [-0.2, -0.15) is 10.5 Å². The summed E-state index contributed by atoms with van der Waals surface area (Å²) in [6.07, 6.45) is 1.41. The monoisotopic (exact) mass is 325 g/mol. The molecule has 1 aliphatic rings. The normalized spacial score (nSPS) is 19.6. The number of nitriles is 2. The summed E-state index contributed by atoms with van der Waals surface area (Å²) < 4.78 is 0. The fraction of sp³-hybridized carbons (Fsp3) is 0.200. The van der Waals surface area contributed by atoms with Crippen LogP contribution < -0.4 is 5.32 Å². The minimum absolute atomic E-state index is 0.00699. The lowest BCUT2D eigenvalue weighted by atomic mass is 9.72. The smallest absolute Gasteiger partial charge is 0.281 e. The molecule has 1 aromatic carbocycles. The van der Waals surface area contributed by atoms with Crippen LogP contribution in [0.25, 0.3) is 0 Å². The zero-order valence-electron chi connectivity index (χ0n) is 12.7. The SMILES string of the molecule is CC1=CC(C#N)(c2ccc([N+](=O)[O-])cc2[N+](=O)[O-])C(C#N)=C(C)N1. The number of nitrogens with one attached hydrogen (secondary N) is 1. The first-order valence-electron chi connectivity index (χ1n) is 6.69. The van der Waals surface area contributed by atoms with Gasteiger partial charge in [-0.3, -0.25) is 20.2 Å². The van der Waals surface area contributed by atoms with Crippen molar-refractivity contribution in [2.75, 3.05) is 0 Å². The molecule has 0 radical (unpaired) electrons. The summed E-state index contributed by atoms with van der Waals surface area (Å²) >= 11 is 0. The lowest BCUT2D eigenvalue weighted by Crippen LogP contribution is -2.33. The molecule has 0 aromatic heterocycles. The molecule has 1 aliphatic heterocycles. The van der Waals surface area contributed by atoms with Crippen LogP contribution in [0, 0.1) is 42.9 Å². The molecule has 1 heterocycles. The Morgan fingerprint density at radius 3 is 2.33 bits per heavy atom. The van der Waals surface area contributed by atoms with Gasteiger partial charge in [0.2, 0.25) is 0 Å². The van der Waals surface area contributed by atoms with E-state index in [1.165, 1.54) is 6.08 Å². The van der Waals surface area contributed by atoms with E-state index in [9.17, 15) is 30.8 Å². The van der Waals surface area contributed by atoms with Gasteiger partial charge < -0.3 is 5.32 Å². The average Bonchev–Trinajstić information content (AvgIpc) is 2.53. The van der Waals surface area contributed by atoms with E-state index in [-0.39, 0.29) is 11.1 Å². The summed E-state index contributed by atoms with van der Waals surface area (Å²) in [6.45, 7) is 3.24. The highest BCUT2D eigenvalue weighted by Gasteiger charge is 2.44. The zero-order chi connectivity index (χ0) is 18.1. The van der Waals surface area contributed by atoms with E-state index in [4.69, 9.17) is 0 Å². The number of nitro benzene ring substituents is 2. The second-order valence-corrected chi connectivity index (χ2v) is 5.20. The molecule has 9 heteroatoms. The molecular weight excluding hydrogens is 314 g/mol. The van der Waals surface area contributed by atoms with Crippen molar-refractivity contribution in [1.82, 2.24) is 5.32 Å². The van der Waals surface area contributed by atoms with Crippen LogP contribution >= 0.6 is 0 Å². The topological polar surface area (TPSA) is 146 Å². The number of rotatable bonds is 3. The summed E-state index contributed by atoms with van der Waals surface area (Å²) in [5.41, 5.74) is -1.88. The highest BCUT2D eigenvalue weighted by atomic mass is 16.6. The van der Waals surface area contributed by atoms with E-state index in [2.05, 4.69) is 5.32 Å². The summed E-state index contributed by atoms with van der Waals surface area (Å²) in [6, 6.07) is 6.91. The Hall–Kier alpha value is -3.72. The molecular formula is C15H11N5O4. The number of allylic oxidation sites excluding steroid dienone is 4. The van der Waals surface area contributed by atoms with E-state index in [0.29, 0.717) is 11.4 Å². The fourth-order valence-corrected chi connectivity index (χ4v) is 2.74. The molecule has 120 valence electrons. The van der Waals surface area contributed by atoms with E-state index in [1.807, 2.05) is 12.1 Å². The maximum Gasteiger partial charge on any atom is 0.281 e. The second-order valence-electron chi connectivity index (χ2n) is 5.20. The maximum absolute atomic E-state index is 11.4. The van der Waals surface area contributed by atoms with Gasteiger partial charge >= 0.3 is 0 Å². The Labute approximate surface area is 136 Å². The summed E-state index contributed by atoms with van der Waals surface area (Å²) in [4.78, 5) is 20.7. The van der Waals surface area contributed by atoms with Crippen LogP contribution in [0.15, 0.2) is 41.2 Å². The average molecular weight is 325 g/mol. The van der Waals surface area contributed by atoms with E-state index >= 15 is 0 Å². The molecule has 0 aliphatic carbocycles. The maximum atomic E-state index is 11.4. The van der Waals surface area contributed by atoms with Gasteiger partial charge in [-0.05, 0) is 26.0 Å². The van der Waals surface area contributed by atoms with Gasteiger partial charge in [0.25, 0.3) is 11.4 Å². The van der Waals surface area contributed by atoms with Crippen LogP contribution in [0.5, 0.6) is 0 Å². The van der Waals surface area contributed by atoms with Crippen molar-refractivity contribution >= 4 is 11.4 Å². The highest BCUT2D eigenvalue weighted by molar-refractivity contribution is 5.65. The van der Waals surface area contributed by atoms with Crippen LogP contribution in [0.1, 0.15) is 19.4 Å². The van der Waals surface area contributed by atoms with Crippen molar-refractivity contribution in [1.29, 1.82) is 10.5 Å². The van der Waals surface area contributed by atoms with E-state index in [1.54, 1.807) is 13.8 Å². The van der Waals surface area contributed by atoms with Gasteiger partial charge in [-0.25, -0.2) is 0 Å². The van der Waals surface area contributed by atoms with Crippen LogP contribution in [0.2, 0.25) is 0 Å². The third kappa shape index (κ3) is 2.44. The minimum atomic E-state index is -1.69. The molecule has 0 fully saturated rings. The van der Waals surface area contributed by atoms with Crippen molar-refractivity contribution in [3.8, 4) is 12.1 Å². The summed E-state index contributed by atoms with van der Waals surface area (Å²) in [7, 11) is 0. The Kier molecular flexibility index (Phi) is 4.03. The van der Waals surface area contributed by atoms with Gasteiger partial charge in [0.15, 0.2) is 0 Å². The van der Waals surface area contributed by atoms with Gasteiger partial charge in [0.05, 0.1) is 39.2 Å². The van der Waals surface area contributed by atoms with Crippen LogP contribution in [-0.2, 0) is 5.41 Å². The van der Waals surface area contributed by atoms with Gasteiger partial charge in [-0.15, -0.1) is 0 Å². The largest absolute Gasteiger partial charge is 0.362 e. The van der Waals surface area contributed by atoms with Gasteiger partial charge in [0.1, 0.15) is 5.41 Å². The number of hydrogen-bond donors (Lipinski definition) is 1. The first kappa shape index (κ1) is 16.6. The summed E-state index contributed by atoms with van der Waals surface area (Å²) in [5.74, 6) is 0. The number of non-ortho nitro benzene ring substituents is 1. The molecule has 2 rings (SSSR count). The zero-order valence-corrected chi connectivity index (χ0v) is 12.7. The molecule has 0 amide bonds. The number of dihydropyridines is 1. The lowest BCUT2D eigenvalue weighted by molar-refractivity contribution is -0.394. The fourth-order valence-electron chi connectivity index (χ4n) is 2.74. The number of benzene rings is 1. The van der Waals surface area contributed by atoms with E-state index in [0.717, 1.165) is 18.2 Å². The van der Waals surface area contributed by atoms with Crippen molar-refractivity contribution in [2.24, 2.45) is 0 Å². The van der Waals surface area contributed by atoms with Crippen molar-refractivity contribution in [3.05, 3.63) is 67.0 Å². The van der Waals surface area contributed by atoms with E-state index < -0.39 is 26.6 Å². The molecule has 24 heavy (non-hydrogen) atoms. The third-order valence-corrected chi connectivity index (χ3v) is 3.69. The Bertz CT molecular complexity index is 903. The highest BCUT2D eigenvalue weighted by Crippen LogP contribution is 2.43. The van der Waals surface area contributed by atoms with Crippen molar-refractivity contribution in [3.63, 3.8) is 0 Å². The predicted octanol–water partition coefficient (Wildman–Crippen LogP) is 2.57. The predicted molar refractivity (Wildman–Crippen MR) is 82.2 cm³/mol. The second kappa shape index (κ2) is 5.82. The molecule has 0 spiro atoms. The third-order valence-electron chi connectivity index (χ3n) is 3.69. The van der Waals surface area contributed by atoms with Crippen molar-refractivity contribution < 1.29 is 9.85 Å². The number of hydrogen-bond acceptors (Lipinski definition) is 7. The van der Waals surface area contributed by atoms with Crippen LogP contribution in [0.4, 0.5) is 11.4 Å². The van der Waals surface area contributed by atoms with Gasteiger partial charge in [0, 0.05) is 17.5 Å². The molecule has 1 aromatic rings. The Morgan fingerprint density at radius 1 is 1.17 bits per heavy atom. The lowest BCUT2D eigenvalue weighted by Gasteiger charge is -2.29. The molecule has 0 saturated heterocycles. The molecule has 0 bridgehead atoms. The standard InChI is InChI=1S/C15H11N5O4/c1-9-6-15(8-17,13(7-16)10(2)18-9)12-4-3-11(19(21)22)5-14(12)20(23)24/h3-6,18H,1-2H3. The molecule has 0 saturated carbocycles. The Morgan fingerprint density at radius 2 is 1.83 bits per heavy atom. The molecule has 1 N–H and O–H groups in total. The number of nitro groups is 2. The molecule has 1 atom stereocenters. The van der Waals surface area contributed by atoms with Crippen LogP contribution in [-0.4, -0.2) is 9.85 Å².